The molecular formula is C10H19N3. The average molecular weight is 181 g/mol. The van der Waals surface area contributed by atoms with Crippen molar-refractivity contribution in [2.24, 2.45) is 5.73 Å². The van der Waals surface area contributed by atoms with Gasteiger partial charge >= 0.3 is 0 Å². The molecule has 4 N–H and O–H groups in total. The van der Waals surface area contributed by atoms with Crippen LogP contribution in [-0.2, 0) is 0 Å². The molecule has 0 fully saturated rings. The number of nitrogens with two attached hydrogens (primary N) is 1. The third-order valence-corrected chi connectivity index (χ3v) is 1.92. The molecule has 3 heteroatoms. The number of anilines is 1. The first-order valence-electron chi connectivity index (χ1n) is 4.73. The fraction of sp³-hybridized carbons (Fsp3) is 0.600. The van der Waals surface area contributed by atoms with E-state index in [1.165, 1.54) is 0 Å². The first kappa shape index (κ1) is 10.1. The van der Waals surface area contributed by atoms with Crippen molar-refractivity contribution >= 4 is 5.69 Å². The summed E-state index contributed by atoms with van der Waals surface area (Å²) in [4.78, 5) is 3.00. The fourth-order valence-corrected chi connectivity index (χ4v) is 1.21. The molecule has 1 aromatic rings. The van der Waals surface area contributed by atoms with Crippen LogP contribution in [0.1, 0.15) is 26.7 Å². The SMILES string of the molecule is CC(C)(N)CCCNc1cc[nH]c1. The number of aromatic amines is 1. The quantitative estimate of drug-likeness (QED) is 0.608. The second-order valence-corrected chi connectivity index (χ2v) is 4.12. The summed E-state index contributed by atoms with van der Waals surface area (Å²) in [5, 5.41) is 3.31. The van der Waals surface area contributed by atoms with Crippen LogP contribution in [0.2, 0.25) is 0 Å². The highest BCUT2D eigenvalue weighted by molar-refractivity contribution is 5.39. The average Bonchev–Trinajstić information content (AvgIpc) is 2.48. The summed E-state index contributed by atoms with van der Waals surface area (Å²) in [6.07, 6.45) is 6.02. The van der Waals surface area contributed by atoms with E-state index in [4.69, 9.17) is 5.73 Å². The molecule has 0 aliphatic carbocycles. The molecule has 0 atom stereocenters. The molecule has 0 saturated heterocycles. The first-order chi connectivity index (χ1) is 6.08. The maximum absolute atomic E-state index is 5.86. The second-order valence-electron chi connectivity index (χ2n) is 4.12. The molecule has 13 heavy (non-hydrogen) atoms. The van der Waals surface area contributed by atoms with E-state index in [1.807, 2.05) is 18.5 Å². The van der Waals surface area contributed by atoms with Crippen LogP contribution >= 0.6 is 0 Å². The van der Waals surface area contributed by atoms with Gasteiger partial charge in [0.2, 0.25) is 0 Å². The largest absolute Gasteiger partial charge is 0.384 e. The van der Waals surface area contributed by atoms with Crippen LogP contribution in [0.3, 0.4) is 0 Å². The zero-order valence-corrected chi connectivity index (χ0v) is 8.43. The van der Waals surface area contributed by atoms with Crippen LogP contribution in [0.25, 0.3) is 0 Å². The zero-order chi connectivity index (χ0) is 9.73. The van der Waals surface area contributed by atoms with Gasteiger partial charge in [-0.05, 0) is 32.8 Å². The zero-order valence-electron chi connectivity index (χ0n) is 8.43. The van der Waals surface area contributed by atoms with E-state index in [1.54, 1.807) is 0 Å². The van der Waals surface area contributed by atoms with Gasteiger partial charge < -0.3 is 16.0 Å². The Bertz CT molecular complexity index is 221. The molecule has 1 rings (SSSR count). The molecule has 0 spiro atoms. The predicted molar refractivity (Wildman–Crippen MR) is 56.8 cm³/mol. The molecule has 0 amide bonds. The Morgan fingerprint density at radius 3 is 2.85 bits per heavy atom. The van der Waals surface area contributed by atoms with Gasteiger partial charge in [0.1, 0.15) is 0 Å². The number of hydrogen-bond acceptors (Lipinski definition) is 2. The molecule has 1 heterocycles. The van der Waals surface area contributed by atoms with Crippen LogP contribution in [0.5, 0.6) is 0 Å². The van der Waals surface area contributed by atoms with E-state index in [-0.39, 0.29) is 5.54 Å². The standard InChI is InChI=1S/C10H19N3/c1-10(2,11)5-3-6-13-9-4-7-12-8-9/h4,7-8,12-13H,3,5-6,11H2,1-2H3. The molecule has 0 radical (unpaired) electrons. The van der Waals surface area contributed by atoms with Gasteiger partial charge in [-0.25, -0.2) is 0 Å². The lowest BCUT2D eigenvalue weighted by Crippen LogP contribution is -2.32. The monoisotopic (exact) mass is 181 g/mol. The molecule has 0 saturated carbocycles. The van der Waals surface area contributed by atoms with Crippen molar-refractivity contribution in [1.29, 1.82) is 0 Å². The van der Waals surface area contributed by atoms with Crippen LogP contribution in [-0.4, -0.2) is 17.1 Å². The number of nitrogens with one attached hydrogen (secondary N) is 2. The van der Waals surface area contributed by atoms with Crippen molar-refractivity contribution in [3.8, 4) is 0 Å². The predicted octanol–water partition coefficient (Wildman–Crippen LogP) is 1.94. The first-order valence-corrected chi connectivity index (χ1v) is 4.73. The molecular weight excluding hydrogens is 162 g/mol. The summed E-state index contributed by atoms with van der Waals surface area (Å²) >= 11 is 0. The molecule has 0 aliphatic heterocycles. The molecule has 0 aliphatic rings. The van der Waals surface area contributed by atoms with Crippen molar-refractivity contribution in [1.82, 2.24) is 4.98 Å². The van der Waals surface area contributed by atoms with E-state index in [0.717, 1.165) is 25.1 Å². The summed E-state index contributed by atoms with van der Waals surface area (Å²) in [6.45, 7) is 5.10. The van der Waals surface area contributed by atoms with Crippen LogP contribution < -0.4 is 11.1 Å². The summed E-state index contributed by atoms with van der Waals surface area (Å²) in [5.41, 5.74) is 6.97. The summed E-state index contributed by atoms with van der Waals surface area (Å²) in [5.74, 6) is 0. The molecule has 1 aromatic heterocycles. The third-order valence-electron chi connectivity index (χ3n) is 1.92. The van der Waals surface area contributed by atoms with Crippen molar-refractivity contribution in [3.05, 3.63) is 18.5 Å². The Labute approximate surface area is 79.7 Å². The maximum atomic E-state index is 5.86. The van der Waals surface area contributed by atoms with Crippen LogP contribution in [0, 0.1) is 0 Å². The van der Waals surface area contributed by atoms with Gasteiger partial charge in [0.15, 0.2) is 0 Å². The van der Waals surface area contributed by atoms with Gasteiger partial charge in [-0.15, -0.1) is 0 Å². The summed E-state index contributed by atoms with van der Waals surface area (Å²) < 4.78 is 0. The summed E-state index contributed by atoms with van der Waals surface area (Å²) in [6, 6.07) is 2.02. The van der Waals surface area contributed by atoms with Crippen LogP contribution in [0.15, 0.2) is 18.5 Å². The molecule has 0 unspecified atom stereocenters. The summed E-state index contributed by atoms with van der Waals surface area (Å²) in [7, 11) is 0. The molecule has 0 bridgehead atoms. The minimum atomic E-state index is -0.0418. The lowest BCUT2D eigenvalue weighted by atomic mass is 10.0. The highest BCUT2D eigenvalue weighted by atomic mass is 14.9. The smallest absolute Gasteiger partial charge is 0.0517 e. The minimum absolute atomic E-state index is 0.0418. The molecule has 3 nitrogen and oxygen atoms in total. The lowest BCUT2D eigenvalue weighted by molar-refractivity contribution is 0.465. The van der Waals surface area contributed by atoms with Crippen LogP contribution in [0.4, 0.5) is 5.69 Å². The molecule has 74 valence electrons. The van der Waals surface area contributed by atoms with E-state index in [0.29, 0.717) is 0 Å². The van der Waals surface area contributed by atoms with Crippen molar-refractivity contribution in [2.45, 2.75) is 32.2 Å². The molecule has 0 aromatic carbocycles. The Hall–Kier alpha value is -0.960. The number of hydrogen-bond donors (Lipinski definition) is 3. The highest BCUT2D eigenvalue weighted by Crippen LogP contribution is 2.08. The number of rotatable bonds is 5. The van der Waals surface area contributed by atoms with Gasteiger partial charge in [0.05, 0.1) is 5.69 Å². The van der Waals surface area contributed by atoms with E-state index in [2.05, 4.69) is 24.1 Å². The Kier molecular flexibility index (Phi) is 3.37. The fourth-order valence-electron chi connectivity index (χ4n) is 1.21. The van der Waals surface area contributed by atoms with Gasteiger partial charge in [0.25, 0.3) is 0 Å². The maximum Gasteiger partial charge on any atom is 0.0517 e. The lowest BCUT2D eigenvalue weighted by Gasteiger charge is -2.17. The number of H-pyrrole nitrogens is 1. The third kappa shape index (κ3) is 4.58. The van der Waals surface area contributed by atoms with Crippen molar-refractivity contribution in [3.63, 3.8) is 0 Å². The van der Waals surface area contributed by atoms with Gasteiger partial charge in [-0.3, -0.25) is 0 Å². The number of aromatic nitrogens is 1. The van der Waals surface area contributed by atoms with E-state index < -0.39 is 0 Å². The topological polar surface area (TPSA) is 53.8 Å². The van der Waals surface area contributed by atoms with Gasteiger partial charge in [-0.2, -0.15) is 0 Å². The second kappa shape index (κ2) is 4.33. The minimum Gasteiger partial charge on any atom is -0.384 e. The normalized spacial score (nSPS) is 11.6. The highest BCUT2D eigenvalue weighted by Gasteiger charge is 2.08. The Morgan fingerprint density at radius 2 is 2.31 bits per heavy atom. The Morgan fingerprint density at radius 1 is 1.54 bits per heavy atom. The van der Waals surface area contributed by atoms with E-state index >= 15 is 0 Å². The van der Waals surface area contributed by atoms with Gasteiger partial charge in [-0.1, -0.05) is 0 Å². The Balaban J connectivity index is 2.09. The van der Waals surface area contributed by atoms with Crippen molar-refractivity contribution in [2.75, 3.05) is 11.9 Å². The van der Waals surface area contributed by atoms with Crippen molar-refractivity contribution < 1.29 is 0 Å². The van der Waals surface area contributed by atoms with Gasteiger partial charge in [0, 0.05) is 24.5 Å². The van der Waals surface area contributed by atoms with E-state index in [9.17, 15) is 0 Å².